The van der Waals surface area contributed by atoms with Crippen LogP contribution in [0.2, 0.25) is 0 Å². The van der Waals surface area contributed by atoms with Gasteiger partial charge in [0, 0.05) is 6.54 Å². The zero-order valence-corrected chi connectivity index (χ0v) is 10.7. The Hall–Kier alpha value is -0.590. The molecule has 0 saturated carbocycles. The predicted octanol–water partition coefficient (Wildman–Crippen LogP) is 2.02. The van der Waals surface area contributed by atoms with Gasteiger partial charge in [-0.15, -0.1) is 0 Å². The molecular formula is C12H24N2O. The summed E-state index contributed by atoms with van der Waals surface area (Å²) >= 11 is 0. The Morgan fingerprint density at radius 1 is 1.27 bits per heavy atom. The van der Waals surface area contributed by atoms with Crippen LogP contribution in [-0.2, 0) is 0 Å². The van der Waals surface area contributed by atoms with E-state index in [1.807, 2.05) is 34.7 Å². The summed E-state index contributed by atoms with van der Waals surface area (Å²) in [5, 5.41) is 18.4. The standard InChI is InChI=1S/C12H24N2O/c1-11(2,9-13)7-6-8-14(5)10-12(3,4)15/h15H,6-8,10H2,1-5H3. The maximum atomic E-state index is 9.60. The molecule has 0 aliphatic carbocycles. The molecule has 88 valence electrons. The topological polar surface area (TPSA) is 47.3 Å². The number of aliphatic hydroxyl groups is 1. The second kappa shape index (κ2) is 5.48. The van der Waals surface area contributed by atoms with Gasteiger partial charge in [-0.2, -0.15) is 5.26 Å². The molecule has 0 bridgehead atoms. The van der Waals surface area contributed by atoms with E-state index in [0.717, 1.165) is 19.4 Å². The van der Waals surface area contributed by atoms with Crippen molar-refractivity contribution in [1.82, 2.24) is 4.90 Å². The monoisotopic (exact) mass is 212 g/mol. The third kappa shape index (κ3) is 8.41. The van der Waals surface area contributed by atoms with E-state index in [4.69, 9.17) is 5.26 Å². The lowest BCUT2D eigenvalue weighted by Gasteiger charge is -2.26. The second-order valence-electron chi connectivity index (χ2n) is 5.65. The Morgan fingerprint density at radius 3 is 2.20 bits per heavy atom. The maximum absolute atomic E-state index is 9.60. The minimum atomic E-state index is -0.639. The number of rotatable bonds is 6. The Labute approximate surface area is 93.7 Å². The lowest BCUT2D eigenvalue weighted by atomic mass is 9.90. The van der Waals surface area contributed by atoms with Crippen LogP contribution in [0.4, 0.5) is 0 Å². The van der Waals surface area contributed by atoms with Crippen LogP contribution in [0.3, 0.4) is 0 Å². The number of nitriles is 1. The molecule has 3 heteroatoms. The first-order valence-electron chi connectivity index (χ1n) is 5.48. The van der Waals surface area contributed by atoms with Crippen molar-refractivity contribution < 1.29 is 5.11 Å². The average Bonchev–Trinajstić information content (AvgIpc) is 2.00. The van der Waals surface area contributed by atoms with Crippen LogP contribution in [0.25, 0.3) is 0 Å². The SMILES string of the molecule is CN(CCCC(C)(C)C#N)CC(C)(C)O. The molecular weight excluding hydrogens is 188 g/mol. The van der Waals surface area contributed by atoms with Crippen molar-refractivity contribution in [3.8, 4) is 6.07 Å². The molecule has 0 aromatic rings. The highest BCUT2D eigenvalue weighted by Crippen LogP contribution is 2.20. The van der Waals surface area contributed by atoms with Crippen LogP contribution in [0, 0.1) is 16.7 Å². The van der Waals surface area contributed by atoms with Crippen LogP contribution >= 0.6 is 0 Å². The summed E-state index contributed by atoms with van der Waals surface area (Å²) in [5.41, 5.74) is -0.866. The first-order valence-corrected chi connectivity index (χ1v) is 5.48. The Balaban J connectivity index is 3.75. The van der Waals surface area contributed by atoms with Gasteiger partial charge in [0.25, 0.3) is 0 Å². The molecule has 0 spiro atoms. The fraction of sp³-hybridized carbons (Fsp3) is 0.917. The molecule has 0 aliphatic rings. The molecule has 0 aliphatic heterocycles. The van der Waals surface area contributed by atoms with Crippen LogP contribution in [0.1, 0.15) is 40.5 Å². The van der Waals surface area contributed by atoms with Gasteiger partial charge in [-0.1, -0.05) is 0 Å². The van der Waals surface area contributed by atoms with E-state index in [0.29, 0.717) is 6.54 Å². The minimum absolute atomic E-state index is 0.227. The molecule has 0 unspecified atom stereocenters. The lowest BCUT2D eigenvalue weighted by Crippen LogP contribution is -2.36. The molecule has 0 radical (unpaired) electrons. The molecule has 0 fully saturated rings. The number of likely N-dealkylation sites (N-methyl/N-ethyl adjacent to an activating group) is 1. The predicted molar refractivity (Wildman–Crippen MR) is 62.4 cm³/mol. The van der Waals surface area contributed by atoms with Crippen LogP contribution in [0.15, 0.2) is 0 Å². The number of nitrogens with zero attached hydrogens (tertiary/aromatic N) is 2. The van der Waals surface area contributed by atoms with Crippen molar-refractivity contribution in [2.45, 2.75) is 46.1 Å². The zero-order chi connectivity index (χ0) is 12.1. The number of hydrogen-bond donors (Lipinski definition) is 1. The van der Waals surface area contributed by atoms with E-state index in [9.17, 15) is 5.11 Å². The van der Waals surface area contributed by atoms with Crippen LogP contribution in [-0.4, -0.2) is 35.7 Å². The molecule has 0 saturated heterocycles. The normalized spacial score (nSPS) is 12.9. The maximum Gasteiger partial charge on any atom is 0.0718 e. The summed E-state index contributed by atoms with van der Waals surface area (Å²) in [4.78, 5) is 2.10. The largest absolute Gasteiger partial charge is 0.389 e. The van der Waals surface area contributed by atoms with Gasteiger partial charge in [0.05, 0.1) is 17.1 Å². The van der Waals surface area contributed by atoms with Crippen molar-refractivity contribution in [2.75, 3.05) is 20.1 Å². The highest BCUT2D eigenvalue weighted by molar-refractivity contribution is 4.91. The molecule has 0 aromatic carbocycles. The average molecular weight is 212 g/mol. The summed E-state index contributed by atoms with van der Waals surface area (Å²) in [7, 11) is 2.00. The van der Waals surface area contributed by atoms with Gasteiger partial charge in [0.15, 0.2) is 0 Å². The van der Waals surface area contributed by atoms with Gasteiger partial charge in [-0.25, -0.2) is 0 Å². The fourth-order valence-corrected chi connectivity index (χ4v) is 1.59. The van der Waals surface area contributed by atoms with Gasteiger partial charge in [-0.05, 0) is 54.1 Å². The summed E-state index contributed by atoms with van der Waals surface area (Å²) in [5.74, 6) is 0. The van der Waals surface area contributed by atoms with Crippen LogP contribution in [0.5, 0.6) is 0 Å². The number of hydrogen-bond acceptors (Lipinski definition) is 3. The van der Waals surface area contributed by atoms with Crippen molar-refractivity contribution in [3.63, 3.8) is 0 Å². The third-order valence-electron chi connectivity index (χ3n) is 2.30. The van der Waals surface area contributed by atoms with Gasteiger partial charge in [0.1, 0.15) is 0 Å². The molecule has 0 rings (SSSR count). The lowest BCUT2D eigenvalue weighted by molar-refractivity contribution is 0.0438. The first kappa shape index (κ1) is 14.4. The highest BCUT2D eigenvalue weighted by atomic mass is 16.3. The van der Waals surface area contributed by atoms with Gasteiger partial charge in [-0.3, -0.25) is 0 Å². The van der Waals surface area contributed by atoms with E-state index in [1.165, 1.54) is 0 Å². The van der Waals surface area contributed by atoms with Crippen molar-refractivity contribution >= 4 is 0 Å². The Bertz CT molecular complexity index is 223. The molecule has 1 N–H and O–H groups in total. The Morgan fingerprint density at radius 2 is 1.80 bits per heavy atom. The quantitative estimate of drug-likeness (QED) is 0.732. The molecule has 15 heavy (non-hydrogen) atoms. The van der Waals surface area contributed by atoms with Crippen molar-refractivity contribution in [1.29, 1.82) is 5.26 Å². The Kier molecular flexibility index (Phi) is 5.27. The summed E-state index contributed by atoms with van der Waals surface area (Å²) < 4.78 is 0. The third-order valence-corrected chi connectivity index (χ3v) is 2.30. The molecule has 3 nitrogen and oxygen atoms in total. The van der Waals surface area contributed by atoms with E-state index in [2.05, 4.69) is 11.0 Å². The first-order chi connectivity index (χ1) is 6.66. The van der Waals surface area contributed by atoms with Crippen LogP contribution < -0.4 is 0 Å². The summed E-state index contributed by atoms with van der Waals surface area (Å²) in [6.07, 6.45) is 1.90. The van der Waals surface area contributed by atoms with Gasteiger partial charge in [0.2, 0.25) is 0 Å². The van der Waals surface area contributed by atoms with E-state index in [1.54, 1.807) is 0 Å². The van der Waals surface area contributed by atoms with Crippen molar-refractivity contribution in [3.05, 3.63) is 0 Å². The van der Waals surface area contributed by atoms with Gasteiger partial charge < -0.3 is 10.0 Å². The minimum Gasteiger partial charge on any atom is -0.389 e. The van der Waals surface area contributed by atoms with Gasteiger partial charge >= 0.3 is 0 Å². The van der Waals surface area contributed by atoms with Crippen molar-refractivity contribution in [2.24, 2.45) is 5.41 Å². The summed E-state index contributed by atoms with van der Waals surface area (Å²) in [6.45, 7) is 9.13. The smallest absolute Gasteiger partial charge is 0.0718 e. The van der Waals surface area contributed by atoms with E-state index < -0.39 is 5.60 Å². The molecule has 0 heterocycles. The molecule has 0 aromatic heterocycles. The second-order valence-corrected chi connectivity index (χ2v) is 5.65. The summed E-state index contributed by atoms with van der Waals surface area (Å²) in [6, 6.07) is 2.30. The molecule has 0 atom stereocenters. The van der Waals surface area contributed by atoms with E-state index in [-0.39, 0.29) is 5.41 Å². The highest BCUT2D eigenvalue weighted by Gasteiger charge is 2.18. The zero-order valence-electron chi connectivity index (χ0n) is 10.7. The fourth-order valence-electron chi connectivity index (χ4n) is 1.59. The molecule has 0 amide bonds. The van der Waals surface area contributed by atoms with E-state index >= 15 is 0 Å².